The smallest absolute Gasteiger partial charge is 0.416 e. The van der Waals surface area contributed by atoms with Crippen LogP contribution in [-0.2, 0) is 22.3 Å². The summed E-state index contributed by atoms with van der Waals surface area (Å²) >= 11 is 0. The van der Waals surface area contributed by atoms with E-state index in [-0.39, 0.29) is 23.4 Å². The fraction of sp³-hybridized carbons (Fsp3) is 0.238. The first-order valence-corrected chi connectivity index (χ1v) is 8.82. The Hall–Kier alpha value is -3.29. The highest BCUT2D eigenvalue weighted by atomic mass is 19.4. The molecule has 2 aromatic carbocycles. The first-order chi connectivity index (χ1) is 13.7. The molecule has 2 amide bonds. The summed E-state index contributed by atoms with van der Waals surface area (Å²) in [5.41, 5.74) is -0.212. The van der Waals surface area contributed by atoms with Gasteiger partial charge >= 0.3 is 18.2 Å². The van der Waals surface area contributed by atoms with E-state index in [1.54, 1.807) is 24.3 Å². The van der Waals surface area contributed by atoms with Crippen LogP contribution in [0.15, 0.2) is 65.9 Å². The van der Waals surface area contributed by atoms with E-state index in [9.17, 15) is 22.8 Å². The number of carbonyl (C=O) groups excluding carboxylic acids is 2. The van der Waals surface area contributed by atoms with Gasteiger partial charge in [-0.25, -0.2) is 9.59 Å². The summed E-state index contributed by atoms with van der Waals surface area (Å²) < 4.78 is 45.9. The lowest BCUT2D eigenvalue weighted by atomic mass is 9.91. The lowest BCUT2D eigenvalue weighted by molar-refractivity contribution is -0.142. The van der Waals surface area contributed by atoms with E-state index in [2.05, 4.69) is 5.32 Å². The maximum Gasteiger partial charge on any atom is 0.416 e. The topological polar surface area (TPSA) is 58.6 Å². The third-order valence-electron chi connectivity index (χ3n) is 4.76. The number of amides is 2. The van der Waals surface area contributed by atoms with Crippen LogP contribution in [0.25, 0.3) is 0 Å². The van der Waals surface area contributed by atoms with Gasteiger partial charge < -0.3 is 15.0 Å². The SMILES string of the molecule is CC1=C(C(=O)OCc2ccccc2)[C@H](c2ccccc2C(F)(F)F)NC(=O)N1C. The molecule has 1 N–H and O–H groups in total. The molecule has 5 nitrogen and oxygen atoms in total. The van der Waals surface area contributed by atoms with Crippen LogP contribution in [0.2, 0.25) is 0 Å². The van der Waals surface area contributed by atoms with Gasteiger partial charge in [0.2, 0.25) is 0 Å². The van der Waals surface area contributed by atoms with Crippen molar-refractivity contribution in [3.63, 3.8) is 0 Å². The van der Waals surface area contributed by atoms with Gasteiger partial charge in [-0.15, -0.1) is 0 Å². The van der Waals surface area contributed by atoms with E-state index in [0.29, 0.717) is 0 Å². The number of carbonyl (C=O) groups is 2. The predicted octanol–water partition coefficient (Wildman–Crippen LogP) is 4.42. The second-order valence-corrected chi connectivity index (χ2v) is 6.59. The van der Waals surface area contributed by atoms with Crippen molar-refractivity contribution in [2.75, 3.05) is 7.05 Å². The molecule has 0 radical (unpaired) electrons. The van der Waals surface area contributed by atoms with Crippen LogP contribution in [0.1, 0.15) is 29.7 Å². The Kier molecular flexibility index (Phi) is 5.63. The Morgan fingerprint density at radius 2 is 1.72 bits per heavy atom. The second kappa shape index (κ2) is 7.98. The second-order valence-electron chi connectivity index (χ2n) is 6.59. The molecule has 2 aromatic rings. The van der Waals surface area contributed by atoms with Crippen molar-refractivity contribution in [1.29, 1.82) is 0 Å². The number of allylic oxidation sites excluding steroid dienone is 1. The van der Waals surface area contributed by atoms with Crippen LogP contribution < -0.4 is 5.32 Å². The van der Waals surface area contributed by atoms with Gasteiger partial charge in [-0.3, -0.25) is 0 Å². The van der Waals surface area contributed by atoms with E-state index in [4.69, 9.17) is 4.74 Å². The number of urea groups is 1. The van der Waals surface area contributed by atoms with Crippen molar-refractivity contribution in [3.05, 3.63) is 82.6 Å². The highest BCUT2D eigenvalue weighted by molar-refractivity contribution is 5.95. The molecule has 0 bridgehead atoms. The average molecular weight is 404 g/mol. The molecule has 0 aliphatic carbocycles. The van der Waals surface area contributed by atoms with Crippen molar-refractivity contribution < 1.29 is 27.5 Å². The van der Waals surface area contributed by atoms with E-state index < -0.39 is 29.8 Å². The number of esters is 1. The Morgan fingerprint density at radius 3 is 2.38 bits per heavy atom. The molecule has 1 aliphatic rings. The first kappa shape index (κ1) is 20.4. The summed E-state index contributed by atoms with van der Waals surface area (Å²) in [6.45, 7) is 1.46. The third kappa shape index (κ3) is 4.26. The zero-order chi connectivity index (χ0) is 21.2. The molecule has 152 valence electrons. The molecule has 1 heterocycles. The van der Waals surface area contributed by atoms with E-state index in [1.807, 2.05) is 6.07 Å². The van der Waals surface area contributed by atoms with Gasteiger partial charge in [0, 0.05) is 12.7 Å². The molecule has 8 heteroatoms. The van der Waals surface area contributed by atoms with E-state index >= 15 is 0 Å². The van der Waals surface area contributed by atoms with Gasteiger partial charge in [-0.2, -0.15) is 13.2 Å². The quantitative estimate of drug-likeness (QED) is 0.768. The van der Waals surface area contributed by atoms with Crippen LogP contribution in [0.5, 0.6) is 0 Å². The molecule has 0 spiro atoms. The van der Waals surface area contributed by atoms with Crippen LogP contribution in [0.3, 0.4) is 0 Å². The van der Waals surface area contributed by atoms with Gasteiger partial charge in [-0.05, 0) is 24.1 Å². The van der Waals surface area contributed by atoms with Crippen molar-refractivity contribution in [3.8, 4) is 0 Å². The Labute approximate surface area is 165 Å². The number of alkyl halides is 3. The lowest BCUT2D eigenvalue weighted by Gasteiger charge is -2.34. The number of nitrogens with one attached hydrogen (secondary N) is 1. The summed E-state index contributed by atoms with van der Waals surface area (Å²) in [5, 5.41) is 2.48. The van der Waals surface area contributed by atoms with Gasteiger partial charge in [0.25, 0.3) is 0 Å². The summed E-state index contributed by atoms with van der Waals surface area (Å²) in [4.78, 5) is 26.3. The normalized spacial score (nSPS) is 17.2. The minimum absolute atomic E-state index is 0.0399. The van der Waals surface area contributed by atoms with E-state index in [1.165, 1.54) is 37.1 Å². The minimum atomic E-state index is -4.64. The van der Waals surface area contributed by atoms with Crippen molar-refractivity contribution >= 4 is 12.0 Å². The number of halogens is 3. The van der Waals surface area contributed by atoms with Gasteiger partial charge in [0.05, 0.1) is 17.2 Å². The van der Waals surface area contributed by atoms with Crippen LogP contribution in [0.4, 0.5) is 18.0 Å². The number of rotatable bonds is 4. The van der Waals surface area contributed by atoms with Crippen molar-refractivity contribution in [2.45, 2.75) is 25.7 Å². The van der Waals surface area contributed by atoms with Gasteiger partial charge in [-0.1, -0.05) is 48.5 Å². The molecular formula is C21H19F3N2O3. The Morgan fingerprint density at radius 1 is 1.10 bits per heavy atom. The van der Waals surface area contributed by atoms with Crippen LogP contribution in [-0.4, -0.2) is 23.9 Å². The molecule has 1 aliphatic heterocycles. The van der Waals surface area contributed by atoms with Crippen LogP contribution >= 0.6 is 0 Å². The lowest BCUT2D eigenvalue weighted by Crippen LogP contribution is -2.46. The molecule has 0 aromatic heterocycles. The fourth-order valence-electron chi connectivity index (χ4n) is 3.14. The molecule has 0 fully saturated rings. The van der Waals surface area contributed by atoms with E-state index in [0.717, 1.165) is 11.6 Å². The standard InChI is InChI=1S/C21H19F3N2O3/c1-13-17(19(27)29-12-14-8-4-3-5-9-14)18(25-20(28)26(13)2)15-10-6-7-11-16(15)21(22,23)24/h3-11,18H,12H2,1-2H3,(H,25,28)/t18-/m0/s1. The Balaban J connectivity index is 2.00. The van der Waals surface area contributed by atoms with Gasteiger partial charge in [0.15, 0.2) is 0 Å². The maximum absolute atomic E-state index is 13.5. The highest BCUT2D eigenvalue weighted by Crippen LogP contribution is 2.39. The summed E-state index contributed by atoms with van der Waals surface area (Å²) in [7, 11) is 1.43. The molecule has 1 atom stereocenters. The minimum Gasteiger partial charge on any atom is -0.457 e. The number of nitrogens with zero attached hydrogens (tertiary/aromatic N) is 1. The molecule has 0 unspecified atom stereocenters. The largest absolute Gasteiger partial charge is 0.457 e. The van der Waals surface area contributed by atoms with Crippen LogP contribution in [0, 0.1) is 0 Å². The number of benzene rings is 2. The molecule has 3 rings (SSSR count). The average Bonchev–Trinajstić information content (AvgIpc) is 2.70. The zero-order valence-corrected chi connectivity index (χ0v) is 15.8. The summed E-state index contributed by atoms with van der Waals surface area (Å²) in [5.74, 6) is -0.791. The summed E-state index contributed by atoms with van der Waals surface area (Å²) in [6.07, 6.45) is -4.64. The predicted molar refractivity (Wildman–Crippen MR) is 99.4 cm³/mol. The molecule has 29 heavy (non-hydrogen) atoms. The summed E-state index contributed by atoms with van der Waals surface area (Å²) in [6, 6.07) is 11.9. The first-order valence-electron chi connectivity index (χ1n) is 8.82. The third-order valence-corrected chi connectivity index (χ3v) is 4.76. The van der Waals surface area contributed by atoms with Crippen molar-refractivity contribution in [2.24, 2.45) is 0 Å². The molecule has 0 saturated heterocycles. The Bertz CT molecular complexity index is 955. The maximum atomic E-state index is 13.5. The fourth-order valence-corrected chi connectivity index (χ4v) is 3.14. The number of ether oxygens (including phenoxy) is 1. The number of hydrogen-bond acceptors (Lipinski definition) is 3. The van der Waals surface area contributed by atoms with Gasteiger partial charge in [0.1, 0.15) is 6.61 Å². The number of hydrogen-bond donors (Lipinski definition) is 1. The molecular weight excluding hydrogens is 385 g/mol. The zero-order valence-electron chi connectivity index (χ0n) is 15.8. The molecule has 0 saturated carbocycles. The monoisotopic (exact) mass is 404 g/mol. The highest BCUT2D eigenvalue weighted by Gasteiger charge is 2.41. The van der Waals surface area contributed by atoms with Crippen molar-refractivity contribution in [1.82, 2.24) is 10.2 Å².